The molecule has 138 valence electrons. The number of rotatable bonds is 5. The molecule has 1 aromatic heterocycles. The molecule has 27 heavy (non-hydrogen) atoms. The Labute approximate surface area is 161 Å². The van der Waals surface area contributed by atoms with Gasteiger partial charge in [0.15, 0.2) is 0 Å². The lowest BCUT2D eigenvalue weighted by Gasteiger charge is -2.36. The van der Waals surface area contributed by atoms with Crippen molar-refractivity contribution in [3.8, 4) is 11.3 Å². The van der Waals surface area contributed by atoms with Gasteiger partial charge in [0.25, 0.3) is 0 Å². The third-order valence-electron chi connectivity index (χ3n) is 5.47. The first-order chi connectivity index (χ1) is 13.3. The zero-order valence-corrected chi connectivity index (χ0v) is 15.7. The van der Waals surface area contributed by atoms with Crippen molar-refractivity contribution in [1.82, 2.24) is 9.88 Å². The van der Waals surface area contributed by atoms with Gasteiger partial charge in [0.2, 0.25) is 0 Å². The van der Waals surface area contributed by atoms with Crippen LogP contribution in [0, 0.1) is 0 Å². The van der Waals surface area contributed by atoms with Gasteiger partial charge in [-0.05, 0) is 49.1 Å². The highest BCUT2D eigenvalue weighted by Gasteiger charge is 2.22. The molecule has 3 heteroatoms. The van der Waals surface area contributed by atoms with Gasteiger partial charge in [-0.1, -0.05) is 67.1 Å². The number of hydrogen-bond donors (Lipinski definition) is 1. The molecule has 0 bridgehead atoms. The summed E-state index contributed by atoms with van der Waals surface area (Å²) in [5.41, 5.74) is 10.7. The Bertz CT molecular complexity index is 858. The van der Waals surface area contributed by atoms with E-state index in [0.717, 1.165) is 24.2 Å². The van der Waals surface area contributed by atoms with Gasteiger partial charge < -0.3 is 5.73 Å². The second-order valence-electron chi connectivity index (χ2n) is 7.45. The summed E-state index contributed by atoms with van der Waals surface area (Å²) in [6.07, 6.45) is 5.04. The monoisotopic (exact) mass is 357 g/mol. The van der Waals surface area contributed by atoms with Gasteiger partial charge in [-0.3, -0.25) is 4.90 Å². The maximum absolute atomic E-state index is 5.81. The molecule has 2 N–H and O–H groups in total. The van der Waals surface area contributed by atoms with E-state index >= 15 is 0 Å². The minimum absolute atomic E-state index is 0.565. The van der Waals surface area contributed by atoms with Crippen LogP contribution in [0.2, 0.25) is 0 Å². The van der Waals surface area contributed by atoms with E-state index in [4.69, 9.17) is 5.73 Å². The highest BCUT2D eigenvalue weighted by molar-refractivity contribution is 5.61. The maximum Gasteiger partial charge on any atom is 0.124 e. The molecule has 3 aromatic rings. The van der Waals surface area contributed by atoms with E-state index in [2.05, 4.69) is 64.5 Å². The van der Waals surface area contributed by atoms with E-state index in [1.165, 1.54) is 36.9 Å². The molecule has 1 atom stereocenters. The third kappa shape index (κ3) is 4.55. The molecule has 2 heterocycles. The Morgan fingerprint density at radius 2 is 1.67 bits per heavy atom. The quantitative estimate of drug-likeness (QED) is 0.704. The number of pyridine rings is 1. The van der Waals surface area contributed by atoms with Crippen molar-refractivity contribution < 1.29 is 0 Å². The minimum Gasteiger partial charge on any atom is -0.384 e. The Hall–Kier alpha value is -2.65. The van der Waals surface area contributed by atoms with Crippen molar-refractivity contribution in [3.63, 3.8) is 0 Å². The van der Waals surface area contributed by atoms with E-state index in [1.54, 1.807) is 0 Å². The normalized spacial score (nSPS) is 17.7. The van der Waals surface area contributed by atoms with Crippen LogP contribution < -0.4 is 5.73 Å². The number of anilines is 1. The van der Waals surface area contributed by atoms with E-state index in [-0.39, 0.29) is 0 Å². The minimum atomic E-state index is 0.565. The second kappa shape index (κ2) is 8.36. The van der Waals surface area contributed by atoms with Crippen LogP contribution in [0.5, 0.6) is 0 Å². The van der Waals surface area contributed by atoms with Crippen molar-refractivity contribution in [2.45, 2.75) is 38.3 Å². The van der Waals surface area contributed by atoms with Crippen LogP contribution in [-0.4, -0.2) is 22.5 Å². The first-order valence-corrected chi connectivity index (χ1v) is 9.88. The van der Waals surface area contributed by atoms with Gasteiger partial charge in [0.05, 0.1) is 5.69 Å². The molecule has 0 saturated carbocycles. The Kier molecular flexibility index (Phi) is 5.50. The van der Waals surface area contributed by atoms with Gasteiger partial charge in [-0.25, -0.2) is 4.98 Å². The summed E-state index contributed by atoms with van der Waals surface area (Å²) in [6, 6.07) is 26.1. The molecule has 1 unspecified atom stereocenters. The maximum atomic E-state index is 5.81. The van der Waals surface area contributed by atoms with Crippen molar-refractivity contribution in [2.75, 3.05) is 12.3 Å². The largest absolute Gasteiger partial charge is 0.384 e. The molecule has 2 aromatic carbocycles. The van der Waals surface area contributed by atoms with E-state index in [0.29, 0.717) is 11.9 Å². The van der Waals surface area contributed by atoms with Crippen molar-refractivity contribution in [1.29, 1.82) is 0 Å². The number of benzene rings is 2. The molecule has 1 saturated heterocycles. The molecular formula is C24H27N3. The summed E-state index contributed by atoms with van der Waals surface area (Å²) in [6.45, 7) is 2.25. The van der Waals surface area contributed by atoms with E-state index in [1.807, 2.05) is 18.2 Å². The molecule has 1 aliphatic rings. The molecule has 0 amide bonds. The van der Waals surface area contributed by atoms with E-state index in [9.17, 15) is 0 Å². The molecule has 0 spiro atoms. The molecule has 4 rings (SSSR count). The number of likely N-dealkylation sites (tertiary alicyclic amines) is 1. The van der Waals surface area contributed by atoms with Gasteiger partial charge in [-0.2, -0.15) is 0 Å². The predicted octanol–water partition coefficient (Wildman–Crippen LogP) is 4.93. The summed E-state index contributed by atoms with van der Waals surface area (Å²) < 4.78 is 0. The summed E-state index contributed by atoms with van der Waals surface area (Å²) in [4.78, 5) is 7.08. The lowest BCUT2D eigenvalue weighted by Crippen LogP contribution is -2.40. The fourth-order valence-electron chi connectivity index (χ4n) is 4.01. The topological polar surface area (TPSA) is 42.1 Å². The van der Waals surface area contributed by atoms with Gasteiger partial charge in [0, 0.05) is 18.2 Å². The first-order valence-electron chi connectivity index (χ1n) is 9.88. The third-order valence-corrected chi connectivity index (χ3v) is 5.47. The number of hydrogen-bond acceptors (Lipinski definition) is 3. The average molecular weight is 358 g/mol. The summed E-state index contributed by atoms with van der Waals surface area (Å²) in [5, 5.41) is 0. The Balaban J connectivity index is 1.45. The van der Waals surface area contributed by atoms with Crippen molar-refractivity contribution in [3.05, 3.63) is 83.9 Å². The SMILES string of the molecule is Nc1cccc(-c2ccc(CC3CCCCN3Cc3ccccc3)cc2)n1. The van der Waals surface area contributed by atoms with Crippen LogP contribution in [0.25, 0.3) is 11.3 Å². The number of nitrogens with zero attached hydrogens (tertiary/aromatic N) is 2. The van der Waals surface area contributed by atoms with E-state index < -0.39 is 0 Å². The fraction of sp³-hybridized carbons (Fsp3) is 0.292. The lowest BCUT2D eigenvalue weighted by molar-refractivity contribution is 0.139. The standard InChI is InChI=1S/C24H27N3/c25-24-11-6-10-23(26-24)21-14-12-19(13-15-21)17-22-9-4-5-16-27(22)18-20-7-2-1-3-8-20/h1-3,6-8,10-15,22H,4-5,9,16-18H2,(H2,25,26). The smallest absolute Gasteiger partial charge is 0.124 e. The Morgan fingerprint density at radius 3 is 2.44 bits per heavy atom. The molecular weight excluding hydrogens is 330 g/mol. The number of aromatic nitrogens is 1. The van der Waals surface area contributed by atoms with Crippen LogP contribution in [0.1, 0.15) is 30.4 Å². The number of nitrogen functional groups attached to an aromatic ring is 1. The average Bonchev–Trinajstić information content (AvgIpc) is 2.71. The molecule has 0 radical (unpaired) electrons. The van der Waals surface area contributed by atoms with Crippen molar-refractivity contribution >= 4 is 5.82 Å². The number of nitrogens with two attached hydrogens (primary N) is 1. The highest BCUT2D eigenvalue weighted by atomic mass is 15.2. The lowest BCUT2D eigenvalue weighted by atomic mass is 9.94. The second-order valence-corrected chi connectivity index (χ2v) is 7.45. The van der Waals surface area contributed by atoms with Gasteiger partial charge in [-0.15, -0.1) is 0 Å². The fourth-order valence-corrected chi connectivity index (χ4v) is 4.01. The van der Waals surface area contributed by atoms with Gasteiger partial charge in [0.1, 0.15) is 5.82 Å². The van der Waals surface area contributed by atoms with Crippen LogP contribution in [0.15, 0.2) is 72.8 Å². The van der Waals surface area contributed by atoms with Crippen LogP contribution >= 0.6 is 0 Å². The predicted molar refractivity (Wildman–Crippen MR) is 112 cm³/mol. The zero-order chi connectivity index (χ0) is 18.5. The van der Waals surface area contributed by atoms with Crippen molar-refractivity contribution in [2.24, 2.45) is 0 Å². The van der Waals surface area contributed by atoms with Crippen LogP contribution in [0.3, 0.4) is 0 Å². The zero-order valence-electron chi connectivity index (χ0n) is 15.7. The van der Waals surface area contributed by atoms with Crippen LogP contribution in [0.4, 0.5) is 5.82 Å². The summed E-state index contributed by atoms with van der Waals surface area (Å²) in [5.74, 6) is 0.565. The molecule has 3 nitrogen and oxygen atoms in total. The van der Waals surface area contributed by atoms with Crippen LogP contribution in [-0.2, 0) is 13.0 Å². The molecule has 1 aliphatic heterocycles. The van der Waals surface area contributed by atoms with Gasteiger partial charge >= 0.3 is 0 Å². The molecule has 1 fully saturated rings. The first kappa shape index (κ1) is 17.7. The summed E-state index contributed by atoms with van der Waals surface area (Å²) >= 11 is 0. The molecule has 0 aliphatic carbocycles. The number of piperidine rings is 1. The summed E-state index contributed by atoms with van der Waals surface area (Å²) in [7, 11) is 0. The Morgan fingerprint density at radius 1 is 0.852 bits per heavy atom. The highest BCUT2D eigenvalue weighted by Crippen LogP contribution is 2.24.